The van der Waals surface area contributed by atoms with Crippen LogP contribution in [0.2, 0.25) is 5.02 Å². The van der Waals surface area contributed by atoms with Crippen LogP contribution in [0.25, 0.3) is 0 Å². The summed E-state index contributed by atoms with van der Waals surface area (Å²) in [5.74, 6) is -2.77. The molecule has 1 heterocycles. The lowest BCUT2D eigenvalue weighted by atomic mass is 10.2. The van der Waals surface area contributed by atoms with Gasteiger partial charge in [0.1, 0.15) is 0 Å². The van der Waals surface area contributed by atoms with E-state index in [9.17, 15) is 22.8 Å². The van der Waals surface area contributed by atoms with Crippen molar-refractivity contribution < 1.29 is 37.4 Å². The Morgan fingerprint density at radius 2 is 1.84 bits per heavy atom. The highest BCUT2D eigenvalue weighted by Crippen LogP contribution is 2.14. The Kier molecular flexibility index (Phi) is 12.0. The maximum atomic E-state index is 12.8. The zero-order valence-electron chi connectivity index (χ0n) is 17.7. The summed E-state index contributed by atoms with van der Waals surface area (Å²) < 4.78 is 36.8. The molecule has 0 unspecified atom stereocenters. The Balaban J connectivity index is 0.000000633. The molecule has 0 radical (unpaired) electrons. The van der Waals surface area contributed by atoms with E-state index in [2.05, 4.69) is 5.32 Å². The second-order valence-electron chi connectivity index (χ2n) is 6.83. The first kappa shape index (κ1) is 27.7. The number of hydrogen-bond donors (Lipinski definition) is 2. The van der Waals surface area contributed by atoms with E-state index < -0.39 is 12.1 Å². The topological polar surface area (TPSA) is 99.2 Å². The van der Waals surface area contributed by atoms with Crippen molar-refractivity contribution >= 4 is 29.4 Å². The first-order chi connectivity index (χ1) is 15.1. The summed E-state index contributed by atoms with van der Waals surface area (Å²) in [6.07, 6.45) is -4.02. The van der Waals surface area contributed by atoms with Gasteiger partial charge in [0, 0.05) is 70.0 Å². The van der Waals surface area contributed by atoms with Crippen molar-refractivity contribution in [3.8, 4) is 0 Å². The summed E-state index contributed by atoms with van der Waals surface area (Å²) in [4.78, 5) is 37.6. The fraction of sp³-hybridized carbons (Fsp3) is 0.550. The summed E-state index contributed by atoms with van der Waals surface area (Å²) >= 11 is 5.99. The van der Waals surface area contributed by atoms with E-state index in [1.54, 1.807) is 36.3 Å². The molecular formula is C20H27ClF3N3O5. The summed E-state index contributed by atoms with van der Waals surface area (Å²) in [6.45, 7) is 4.63. The van der Waals surface area contributed by atoms with Gasteiger partial charge in [0.15, 0.2) is 0 Å². The summed E-state index contributed by atoms with van der Waals surface area (Å²) in [7, 11) is 1.64. The number of halogens is 4. The first-order valence-electron chi connectivity index (χ1n) is 9.88. The normalized spacial score (nSPS) is 13.7. The van der Waals surface area contributed by atoms with Crippen LogP contribution in [0.3, 0.4) is 0 Å². The van der Waals surface area contributed by atoms with Crippen LogP contribution in [0.1, 0.15) is 23.2 Å². The number of nitrogens with one attached hydrogen (secondary N) is 1. The quantitative estimate of drug-likeness (QED) is 0.553. The minimum atomic E-state index is -5.08. The van der Waals surface area contributed by atoms with Gasteiger partial charge in [0.05, 0.1) is 0 Å². The zero-order valence-corrected chi connectivity index (χ0v) is 18.4. The molecule has 180 valence electrons. The molecule has 1 aromatic rings. The number of alkyl halides is 3. The van der Waals surface area contributed by atoms with Crippen molar-refractivity contribution in [2.75, 3.05) is 53.0 Å². The van der Waals surface area contributed by atoms with Crippen LogP contribution in [0.4, 0.5) is 13.2 Å². The van der Waals surface area contributed by atoms with Crippen LogP contribution in [0, 0.1) is 0 Å². The summed E-state index contributed by atoms with van der Waals surface area (Å²) in [5.41, 5.74) is 0.541. The average Bonchev–Trinajstić information content (AvgIpc) is 2.76. The zero-order chi connectivity index (χ0) is 24.1. The minimum absolute atomic E-state index is 0.0946. The van der Waals surface area contributed by atoms with Crippen LogP contribution < -0.4 is 5.32 Å². The second kappa shape index (κ2) is 13.9. The van der Waals surface area contributed by atoms with Crippen LogP contribution in [0.5, 0.6) is 0 Å². The van der Waals surface area contributed by atoms with E-state index in [0.29, 0.717) is 36.7 Å². The molecule has 0 aromatic heterocycles. The first-order valence-corrected chi connectivity index (χ1v) is 10.3. The van der Waals surface area contributed by atoms with E-state index in [1.807, 2.05) is 4.90 Å². The number of carboxylic acid groups (broad SMARTS) is 1. The molecule has 1 aliphatic rings. The number of nitrogens with zero attached hydrogens (tertiary/aromatic N) is 2. The number of ether oxygens (including phenoxy) is 1. The van der Waals surface area contributed by atoms with Gasteiger partial charge in [-0.3, -0.25) is 9.59 Å². The Bertz CT molecular complexity index is 758. The molecule has 0 bridgehead atoms. The van der Waals surface area contributed by atoms with Crippen molar-refractivity contribution in [1.82, 2.24) is 15.1 Å². The molecule has 12 heteroatoms. The molecule has 1 saturated heterocycles. The molecule has 8 nitrogen and oxygen atoms in total. The third-order valence-electron chi connectivity index (χ3n) is 4.44. The number of methoxy groups -OCH3 is 1. The molecule has 2 N–H and O–H groups in total. The van der Waals surface area contributed by atoms with Crippen LogP contribution in [0.15, 0.2) is 24.3 Å². The number of piperazine rings is 1. The van der Waals surface area contributed by atoms with Crippen LogP contribution in [-0.4, -0.2) is 91.9 Å². The largest absolute Gasteiger partial charge is 0.490 e. The standard InChI is InChI=1S/C18H26ClN3O3.C2HF3O2/c1-25-13-3-9-22(18(24)15-4-2-5-16(19)14-15)10-6-17(23)21-11-7-20-8-12-21;3-2(4,5)1(6)7/h2,4-5,14,20H,3,6-13H2,1H3;(H,6,7). The molecule has 0 saturated carbocycles. The smallest absolute Gasteiger partial charge is 0.475 e. The van der Waals surface area contributed by atoms with Gasteiger partial charge in [-0.05, 0) is 24.6 Å². The SMILES string of the molecule is COCCCN(CCC(=O)N1CCNCC1)C(=O)c1cccc(Cl)c1.O=C(O)C(F)(F)F. The predicted molar refractivity (Wildman–Crippen MR) is 112 cm³/mol. The van der Waals surface area contributed by atoms with Gasteiger partial charge in [-0.1, -0.05) is 17.7 Å². The van der Waals surface area contributed by atoms with Crippen LogP contribution >= 0.6 is 11.6 Å². The van der Waals surface area contributed by atoms with Gasteiger partial charge in [0.2, 0.25) is 5.91 Å². The number of hydrogen-bond acceptors (Lipinski definition) is 5. The fourth-order valence-electron chi connectivity index (χ4n) is 2.82. The van der Waals surface area contributed by atoms with E-state index in [-0.39, 0.29) is 11.8 Å². The highest BCUT2D eigenvalue weighted by Gasteiger charge is 2.38. The minimum Gasteiger partial charge on any atom is -0.475 e. The van der Waals surface area contributed by atoms with Gasteiger partial charge in [-0.2, -0.15) is 13.2 Å². The molecule has 2 rings (SSSR count). The van der Waals surface area contributed by atoms with Crippen molar-refractivity contribution in [1.29, 1.82) is 0 Å². The van der Waals surface area contributed by atoms with Crippen molar-refractivity contribution in [3.63, 3.8) is 0 Å². The maximum absolute atomic E-state index is 12.8. The van der Waals surface area contributed by atoms with Gasteiger partial charge in [0.25, 0.3) is 5.91 Å². The fourth-order valence-corrected chi connectivity index (χ4v) is 3.01. The number of amides is 2. The number of benzene rings is 1. The van der Waals surface area contributed by atoms with Gasteiger partial charge in [-0.25, -0.2) is 4.79 Å². The second-order valence-corrected chi connectivity index (χ2v) is 7.27. The third-order valence-corrected chi connectivity index (χ3v) is 4.68. The number of rotatable bonds is 8. The number of aliphatic carboxylic acids is 1. The highest BCUT2D eigenvalue weighted by molar-refractivity contribution is 6.30. The molecule has 0 atom stereocenters. The molecule has 1 fully saturated rings. The van der Waals surface area contributed by atoms with Crippen molar-refractivity contribution in [2.45, 2.75) is 19.0 Å². The maximum Gasteiger partial charge on any atom is 0.490 e. The van der Waals surface area contributed by atoms with E-state index in [4.69, 9.17) is 26.2 Å². The number of carboxylic acids is 1. The Morgan fingerprint density at radius 3 is 2.38 bits per heavy atom. The lowest BCUT2D eigenvalue weighted by Gasteiger charge is -2.29. The van der Waals surface area contributed by atoms with Crippen molar-refractivity contribution in [3.05, 3.63) is 34.9 Å². The van der Waals surface area contributed by atoms with E-state index >= 15 is 0 Å². The lowest BCUT2D eigenvalue weighted by molar-refractivity contribution is -0.192. The molecule has 0 spiro atoms. The monoisotopic (exact) mass is 481 g/mol. The predicted octanol–water partition coefficient (Wildman–Crippen LogP) is 2.27. The summed E-state index contributed by atoms with van der Waals surface area (Å²) in [5, 5.41) is 10.9. The van der Waals surface area contributed by atoms with Gasteiger partial charge >= 0.3 is 12.1 Å². The lowest BCUT2D eigenvalue weighted by Crippen LogP contribution is -2.47. The third kappa shape index (κ3) is 10.3. The highest BCUT2D eigenvalue weighted by atomic mass is 35.5. The van der Waals surface area contributed by atoms with Crippen molar-refractivity contribution in [2.24, 2.45) is 0 Å². The van der Waals surface area contributed by atoms with Gasteiger partial charge < -0.3 is 25.0 Å². The molecule has 32 heavy (non-hydrogen) atoms. The van der Waals surface area contributed by atoms with E-state index in [0.717, 1.165) is 32.6 Å². The van der Waals surface area contributed by atoms with Gasteiger partial charge in [-0.15, -0.1) is 0 Å². The Hall–Kier alpha value is -2.37. The number of carbonyl (C=O) groups excluding carboxylic acids is 2. The molecule has 1 aliphatic heterocycles. The summed E-state index contributed by atoms with van der Waals surface area (Å²) in [6, 6.07) is 6.90. The van der Waals surface area contributed by atoms with E-state index in [1.165, 1.54) is 0 Å². The number of carbonyl (C=O) groups is 3. The molecule has 1 aromatic carbocycles. The van der Waals surface area contributed by atoms with Crippen LogP contribution in [-0.2, 0) is 14.3 Å². The Labute approximate surface area is 189 Å². The molecular weight excluding hydrogens is 455 g/mol. The Morgan fingerprint density at radius 1 is 1.22 bits per heavy atom. The molecule has 2 amide bonds. The average molecular weight is 482 g/mol. The molecule has 0 aliphatic carbocycles.